The summed E-state index contributed by atoms with van der Waals surface area (Å²) in [5.74, 6) is -0.684. The number of carbonyl (C=O) groups is 2. The average molecular weight is 369 g/mol. The zero-order valence-corrected chi connectivity index (χ0v) is 14.8. The van der Waals surface area contributed by atoms with Crippen molar-refractivity contribution < 1.29 is 14.0 Å². The van der Waals surface area contributed by atoms with Crippen LogP contribution in [0, 0.1) is 5.82 Å². The molecule has 0 saturated heterocycles. The molecule has 132 valence electrons. The van der Waals surface area contributed by atoms with E-state index in [9.17, 15) is 14.0 Å². The van der Waals surface area contributed by atoms with Crippen LogP contribution in [0.4, 0.5) is 15.8 Å². The van der Waals surface area contributed by atoms with E-state index in [1.807, 2.05) is 0 Å². The van der Waals surface area contributed by atoms with Gasteiger partial charge in [-0.05, 0) is 36.4 Å². The second kappa shape index (κ2) is 7.88. The molecule has 0 aliphatic rings. The number of amides is 2. The number of thiazole rings is 1. The van der Waals surface area contributed by atoms with Gasteiger partial charge in [-0.25, -0.2) is 9.37 Å². The Labute approximate surface area is 153 Å². The highest BCUT2D eigenvalue weighted by atomic mass is 32.1. The Morgan fingerprint density at radius 2 is 1.69 bits per heavy atom. The van der Waals surface area contributed by atoms with Crippen LogP contribution in [0.1, 0.15) is 11.8 Å². The molecule has 0 atom stereocenters. The van der Waals surface area contributed by atoms with Gasteiger partial charge in [-0.3, -0.25) is 9.59 Å². The predicted molar refractivity (Wildman–Crippen MR) is 101 cm³/mol. The molecule has 26 heavy (non-hydrogen) atoms. The van der Waals surface area contributed by atoms with E-state index in [1.165, 1.54) is 24.3 Å². The van der Waals surface area contributed by atoms with Gasteiger partial charge in [0.2, 0.25) is 11.8 Å². The van der Waals surface area contributed by atoms with Gasteiger partial charge in [-0.1, -0.05) is 12.1 Å². The van der Waals surface area contributed by atoms with E-state index in [1.54, 1.807) is 48.7 Å². The zero-order chi connectivity index (χ0) is 18.5. The minimum atomic E-state index is -0.336. The van der Waals surface area contributed by atoms with E-state index >= 15 is 0 Å². The third-order valence-corrected chi connectivity index (χ3v) is 4.51. The van der Waals surface area contributed by atoms with Crippen LogP contribution in [0.5, 0.6) is 0 Å². The summed E-state index contributed by atoms with van der Waals surface area (Å²) >= 11 is 1.29. The highest BCUT2D eigenvalue weighted by molar-refractivity contribution is 7.15. The lowest BCUT2D eigenvalue weighted by Crippen LogP contribution is -2.13. The Bertz CT molecular complexity index is 938. The number of carbonyl (C=O) groups excluding carboxylic acids is 2. The van der Waals surface area contributed by atoms with E-state index in [2.05, 4.69) is 15.6 Å². The number of nitrogens with one attached hydrogen (secondary N) is 2. The first-order valence-corrected chi connectivity index (χ1v) is 8.70. The first-order chi connectivity index (χ1) is 12.5. The highest BCUT2D eigenvalue weighted by Crippen LogP contribution is 2.27. The number of halogens is 1. The molecule has 0 fully saturated rings. The SMILES string of the molecule is CC(=O)Nc1ccc(NC(=O)Cc2cnc(-c3ccccc3F)s2)cc1. The van der Waals surface area contributed by atoms with Crippen molar-refractivity contribution >= 4 is 34.5 Å². The van der Waals surface area contributed by atoms with Crippen LogP contribution in [-0.4, -0.2) is 16.8 Å². The van der Waals surface area contributed by atoms with E-state index in [-0.39, 0.29) is 24.1 Å². The van der Waals surface area contributed by atoms with Gasteiger partial charge in [-0.2, -0.15) is 0 Å². The van der Waals surface area contributed by atoms with Crippen LogP contribution >= 0.6 is 11.3 Å². The maximum absolute atomic E-state index is 13.8. The lowest BCUT2D eigenvalue weighted by atomic mass is 10.2. The minimum Gasteiger partial charge on any atom is -0.326 e. The molecule has 0 aliphatic heterocycles. The lowest BCUT2D eigenvalue weighted by molar-refractivity contribution is -0.116. The first kappa shape index (κ1) is 17.8. The fourth-order valence-corrected chi connectivity index (χ4v) is 3.29. The number of hydrogen-bond donors (Lipinski definition) is 2. The standard InChI is InChI=1S/C19H16FN3O2S/c1-12(24)22-13-6-8-14(9-7-13)23-18(25)10-15-11-21-19(26-15)16-4-2-3-5-17(16)20/h2-9,11H,10H2,1H3,(H,22,24)(H,23,25). The van der Waals surface area contributed by atoms with E-state index in [0.717, 1.165) is 4.88 Å². The Balaban J connectivity index is 1.62. The van der Waals surface area contributed by atoms with Crippen molar-refractivity contribution in [2.24, 2.45) is 0 Å². The molecule has 7 heteroatoms. The Hall–Kier alpha value is -3.06. The largest absolute Gasteiger partial charge is 0.326 e. The summed E-state index contributed by atoms with van der Waals surface area (Å²) < 4.78 is 13.8. The Kier molecular flexibility index (Phi) is 5.38. The molecule has 0 bridgehead atoms. The quantitative estimate of drug-likeness (QED) is 0.712. The normalized spacial score (nSPS) is 10.4. The zero-order valence-electron chi connectivity index (χ0n) is 14.0. The fraction of sp³-hybridized carbons (Fsp3) is 0.105. The first-order valence-electron chi connectivity index (χ1n) is 7.88. The summed E-state index contributed by atoms with van der Waals surface area (Å²) in [4.78, 5) is 28.1. The third-order valence-electron chi connectivity index (χ3n) is 3.48. The molecule has 1 aromatic heterocycles. The van der Waals surface area contributed by atoms with Crippen LogP contribution in [0.15, 0.2) is 54.7 Å². The van der Waals surface area contributed by atoms with E-state index in [0.29, 0.717) is 21.9 Å². The smallest absolute Gasteiger partial charge is 0.229 e. The van der Waals surface area contributed by atoms with Crippen molar-refractivity contribution in [2.75, 3.05) is 10.6 Å². The Morgan fingerprint density at radius 1 is 1.04 bits per heavy atom. The second-order valence-electron chi connectivity index (χ2n) is 5.60. The molecule has 0 radical (unpaired) electrons. The summed E-state index contributed by atoms with van der Waals surface area (Å²) in [6, 6.07) is 13.2. The molecule has 0 saturated carbocycles. The number of benzene rings is 2. The van der Waals surface area contributed by atoms with Gasteiger partial charge >= 0.3 is 0 Å². The average Bonchev–Trinajstić information content (AvgIpc) is 3.04. The van der Waals surface area contributed by atoms with Crippen molar-refractivity contribution in [3.63, 3.8) is 0 Å². The van der Waals surface area contributed by atoms with Crippen LogP contribution in [0.3, 0.4) is 0 Å². The van der Waals surface area contributed by atoms with Crippen molar-refractivity contribution in [1.82, 2.24) is 4.98 Å². The minimum absolute atomic E-state index is 0.152. The maximum atomic E-state index is 13.8. The molecule has 2 aromatic carbocycles. The van der Waals surface area contributed by atoms with Crippen LogP contribution in [-0.2, 0) is 16.0 Å². The van der Waals surface area contributed by atoms with Gasteiger partial charge in [0.1, 0.15) is 10.8 Å². The second-order valence-corrected chi connectivity index (χ2v) is 6.71. The molecular weight excluding hydrogens is 353 g/mol. The van der Waals surface area contributed by atoms with E-state index < -0.39 is 0 Å². The molecule has 5 nitrogen and oxygen atoms in total. The number of nitrogens with zero attached hydrogens (tertiary/aromatic N) is 1. The lowest BCUT2D eigenvalue weighted by Gasteiger charge is -2.06. The van der Waals surface area contributed by atoms with Crippen LogP contribution < -0.4 is 10.6 Å². The van der Waals surface area contributed by atoms with Gasteiger partial charge in [0.05, 0.1) is 6.42 Å². The number of anilines is 2. The van der Waals surface area contributed by atoms with Crippen molar-refractivity contribution in [2.45, 2.75) is 13.3 Å². The molecule has 0 unspecified atom stereocenters. The molecule has 2 amide bonds. The molecule has 1 heterocycles. The summed E-state index contributed by atoms with van der Waals surface area (Å²) in [6.45, 7) is 1.43. The summed E-state index contributed by atoms with van der Waals surface area (Å²) in [7, 11) is 0. The van der Waals surface area contributed by atoms with Crippen molar-refractivity contribution in [3.05, 3.63) is 65.4 Å². The molecular formula is C19H16FN3O2S. The van der Waals surface area contributed by atoms with E-state index in [4.69, 9.17) is 0 Å². The monoisotopic (exact) mass is 369 g/mol. The molecule has 3 aromatic rings. The van der Waals surface area contributed by atoms with Gasteiger partial charge < -0.3 is 10.6 Å². The number of rotatable bonds is 5. The molecule has 0 aliphatic carbocycles. The van der Waals surface area contributed by atoms with Gasteiger partial charge in [0, 0.05) is 34.9 Å². The summed E-state index contributed by atoms with van der Waals surface area (Å²) in [5, 5.41) is 5.99. The number of hydrogen-bond acceptors (Lipinski definition) is 4. The molecule has 3 rings (SSSR count). The Morgan fingerprint density at radius 3 is 2.35 bits per heavy atom. The number of aromatic nitrogens is 1. The van der Waals surface area contributed by atoms with Gasteiger partial charge in [-0.15, -0.1) is 11.3 Å². The highest BCUT2D eigenvalue weighted by Gasteiger charge is 2.12. The van der Waals surface area contributed by atoms with Crippen LogP contribution in [0.25, 0.3) is 10.6 Å². The molecule has 0 spiro atoms. The predicted octanol–water partition coefficient (Wildman–Crippen LogP) is 4.09. The third kappa shape index (κ3) is 4.52. The van der Waals surface area contributed by atoms with Crippen molar-refractivity contribution in [1.29, 1.82) is 0 Å². The van der Waals surface area contributed by atoms with Crippen LogP contribution in [0.2, 0.25) is 0 Å². The van der Waals surface area contributed by atoms with Gasteiger partial charge in [0.15, 0.2) is 0 Å². The van der Waals surface area contributed by atoms with Crippen molar-refractivity contribution in [3.8, 4) is 10.6 Å². The molecule has 2 N–H and O–H groups in total. The fourth-order valence-electron chi connectivity index (χ4n) is 2.35. The topological polar surface area (TPSA) is 71.1 Å². The maximum Gasteiger partial charge on any atom is 0.229 e. The summed E-state index contributed by atoms with van der Waals surface area (Å²) in [6.07, 6.45) is 1.74. The van der Waals surface area contributed by atoms with Gasteiger partial charge in [0.25, 0.3) is 0 Å². The summed E-state index contributed by atoms with van der Waals surface area (Å²) in [5.41, 5.74) is 1.72.